The van der Waals surface area contributed by atoms with E-state index in [0.717, 1.165) is 22.2 Å². The van der Waals surface area contributed by atoms with Crippen molar-refractivity contribution in [3.05, 3.63) is 28.2 Å². The van der Waals surface area contributed by atoms with E-state index >= 15 is 0 Å². The molecule has 0 fully saturated rings. The molecule has 0 saturated carbocycles. The van der Waals surface area contributed by atoms with Crippen LogP contribution in [0.25, 0.3) is 0 Å². The first-order chi connectivity index (χ1) is 9.21. The van der Waals surface area contributed by atoms with Crippen LogP contribution >= 0.6 is 15.9 Å². The van der Waals surface area contributed by atoms with Crippen molar-refractivity contribution in [1.82, 2.24) is 0 Å². The molecule has 1 aromatic carbocycles. The predicted octanol–water partition coefficient (Wildman–Crippen LogP) is 5.03. The van der Waals surface area contributed by atoms with Crippen molar-refractivity contribution in [2.75, 3.05) is 7.11 Å². The van der Waals surface area contributed by atoms with Crippen LogP contribution in [-0.2, 0) is 11.2 Å². The Morgan fingerprint density at radius 2 is 2.00 bits per heavy atom. The molecule has 1 rings (SSSR count). The van der Waals surface area contributed by atoms with Crippen molar-refractivity contribution in [2.45, 2.75) is 47.0 Å². The molecule has 0 aromatic heterocycles. The maximum atomic E-state index is 12.2. The molecule has 0 heterocycles. The zero-order valence-electron chi connectivity index (χ0n) is 13.1. The third-order valence-electron chi connectivity index (χ3n) is 3.17. The molecule has 0 N–H and O–H groups in total. The van der Waals surface area contributed by atoms with Crippen molar-refractivity contribution < 1.29 is 9.53 Å². The van der Waals surface area contributed by atoms with Gasteiger partial charge in [0.25, 0.3) is 0 Å². The SMILES string of the molecule is COc1ccc(Br)cc1CC(=O)CC(C)CC(C)(C)C. The lowest BCUT2D eigenvalue weighted by molar-refractivity contribution is -0.119. The number of ketones is 1. The first kappa shape index (κ1) is 17.2. The first-order valence-electron chi connectivity index (χ1n) is 7.05. The monoisotopic (exact) mass is 340 g/mol. The van der Waals surface area contributed by atoms with Gasteiger partial charge in [0.1, 0.15) is 11.5 Å². The summed E-state index contributed by atoms with van der Waals surface area (Å²) in [5.74, 6) is 1.48. The fraction of sp³-hybridized carbons (Fsp3) is 0.588. The highest BCUT2D eigenvalue weighted by molar-refractivity contribution is 9.10. The van der Waals surface area contributed by atoms with Gasteiger partial charge in [0.2, 0.25) is 0 Å². The molecule has 3 heteroatoms. The maximum Gasteiger partial charge on any atom is 0.137 e. The summed E-state index contributed by atoms with van der Waals surface area (Å²) in [4.78, 5) is 12.2. The minimum absolute atomic E-state index is 0.271. The number of benzene rings is 1. The smallest absolute Gasteiger partial charge is 0.137 e. The van der Waals surface area contributed by atoms with E-state index in [-0.39, 0.29) is 11.2 Å². The van der Waals surface area contributed by atoms with Crippen LogP contribution in [0, 0.1) is 11.3 Å². The topological polar surface area (TPSA) is 26.3 Å². The lowest BCUT2D eigenvalue weighted by Gasteiger charge is -2.22. The molecule has 0 aliphatic carbocycles. The predicted molar refractivity (Wildman–Crippen MR) is 87.3 cm³/mol. The molecule has 112 valence electrons. The Morgan fingerprint density at radius 3 is 2.55 bits per heavy atom. The fourth-order valence-electron chi connectivity index (χ4n) is 2.68. The van der Waals surface area contributed by atoms with E-state index in [9.17, 15) is 4.79 Å². The van der Waals surface area contributed by atoms with Crippen LogP contribution in [0.1, 0.15) is 46.1 Å². The van der Waals surface area contributed by atoms with Gasteiger partial charge >= 0.3 is 0 Å². The lowest BCUT2D eigenvalue weighted by Crippen LogP contribution is -2.15. The number of carbonyl (C=O) groups excluding carboxylic acids is 1. The second-order valence-electron chi connectivity index (χ2n) is 6.75. The van der Waals surface area contributed by atoms with Crippen LogP contribution in [0.2, 0.25) is 0 Å². The van der Waals surface area contributed by atoms with Gasteiger partial charge in [-0.15, -0.1) is 0 Å². The van der Waals surface area contributed by atoms with Gasteiger partial charge in [-0.25, -0.2) is 0 Å². The van der Waals surface area contributed by atoms with Crippen LogP contribution in [0.4, 0.5) is 0 Å². The number of Topliss-reactive ketones (excluding diaryl/α,β-unsaturated/α-hetero) is 1. The molecular formula is C17H25BrO2. The Bertz CT molecular complexity index is 461. The summed E-state index contributed by atoms with van der Waals surface area (Å²) in [7, 11) is 1.64. The van der Waals surface area contributed by atoms with E-state index in [1.165, 1.54) is 0 Å². The van der Waals surface area contributed by atoms with Crippen molar-refractivity contribution in [3.63, 3.8) is 0 Å². The van der Waals surface area contributed by atoms with Gasteiger partial charge in [-0.3, -0.25) is 4.79 Å². The molecule has 1 atom stereocenters. The van der Waals surface area contributed by atoms with Gasteiger partial charge in [-0.05, 0) is 36.0 Å². The molecule has 1 unspecified atom stereocenters. The third kappa shape index (κ3) is 6.08. The number of ether oxygens (including phenoxy) is 1. The normalized spacial score (nSPS) is 13.1. The summed E-state index contributed by atoms with van der Waals surface area (Å²) in [5, 5.41) is 0. The van der Waals surface area contributed by atoms with Gasteiger partial charge < -0.3 is 4.74 Å². The fourth-order valence-corrected chi connectivity index (χ4v) is 3.08. The lowest BCUT2D eigenvalue weighted by atomic mass is 9.83. The molecular weight excluding hydrogens is 316 g/mol. The van der Waals surface area contributed by atoms with E-state index in [0.29, 0.717) is 18.8 Å². The van der Waals surface area contributed by atoms with Gasteiger partial charge in [0.05, 0.1) is 7.11 Å². The second-order valence-corrected chi connectivity index (χ2v) is 7.66. The summed E-state index contributed by atoms with van der Waals surface area (Å²) in [6.45, 7) is 8.79. The number of halogens is 1. The Hall–Kier alpha value is -0.830. The van der Waals surface area contributed by atoms with Crippen LogP contribution in [-0.4, -0.2) is 12.9 Å². The highest BCUT2D eigenvalue weighted by atomic mass is 79.9. The molecule has 1 aromatic rings. The van der Waals surface area contributed by atoms with Crippen LogP contribution in [0.15, 0.2) is 22.7 Å². The van der Waals surface area contributed by atoms with E-state index in [1.54, 1.807) is 7.11 Å². The summed E-state index contributed by atoms with van der Waals surface area (Å²) < 4.78 is 6.29. The van der Waals surface area contributed by atoms with Crippen molar-refractivity contribution >= 4 is 21.7 Å². The average molecular weight is 341 g/mol. The van der Waals surface area contributed by atoms with Gasteiger partial charge in [0.15, 0.2) is 0 Å². The summed E-state index contributed by atoms with van der Waals surface area (Å²) in [6, 6.07) is 5.78. The number of carbonyl (C=O) groups is 1. The van der Waals surface area contributed by atoms with E-state index in [2.05, 4.69) is 43.6 Å². The molecule has 0 saturated heterocycles. The number of hydrogen-bond acceptors (Lipinski definition) is 2. The largest absolute Gasteiger partial charge is 0.496 e. The average Bonchev–Trinajstić information content (AvgIpc) is 2.26. The van der Waals surface area contributed by atoms with Crippen LogP contribution in [0.3, 0.4) is 0 Å². The molecule has 0 bridgehead atoms. The summed E-state index contributed by atoms with van der Waals surface area (Å²) in [6.07, 6.45) is 2.14. The zero-order chi connectivity index (χ0) is 15.3. The molecule has 0 amide bonds. The number of hydrogen-bond donors (Lipinski definition) is 0. The van der Waals surface area contributed by atoms with Crippen molar-refractivity contribution in [2.24, 2.45) is 11.3 Å². The highest BCUT2D eigenvalue weighted by Gasteiger charge is 2.18. The molecule has 2 nitrogen and oxygen atoms in total. The zero-order valence-corrected chi connectivity index (χ0v) is 14.7. The van der Waals surface area contributed by atoms with Gasteiger partial charge in [-0.2, -0.15) is 0 Å². The minimum atomic E-state index is 0.271. The summed E-state index contributed by atoms with van der Waals surface area (Å²) in [5.41, 5.74) is 1.22. The second kappa shape index (κ2) is 7.26. The molecule has 0 radical (unpaired) electrons. The molecule has 0 spiro atoms. The van der Waals surface area contributed by atoms with E-state index in [1.807, 2.05) is 18.2 Å². The quantitative estimate of drug-likeness (QED) is 0.725. The van der Waals surface area contributed by atoms with Crippen LogP contribution in [0.5, 0.6) is 5.75 Å². The molecule has 0 aliphatic rings. The van der Waals surface area contributed by atoms with Crippen molar-refractivity contribution in [1.29, 1.82) is 0 Å². The number of rotatable bonds is 6. The number of methoxy groups -OCH3 is 1. The first-order valence-corrected chi connectivity index (χ1v) is 7.84. The Kier molecular flexibility index (Phi) is 6.25. The highest BCUT2D eigenvalue weighted by Crippen LogP contribution is 2.28. The van der Waals surface area contributed by atoms with Gasteiger partial charge in [-0.1, -0.05) is 43.6 Å². The summed E-state index contributed by atoms with van der Waals surface area (Å²) >= 11 is 3.44. The Morgan fingerprint density at radius 1 is 1.35 bits per heavy atom. The Labute approximate surface area is 131 Å². The van der Waals surface area contributed by atoms with E-state index < -0.39 is 0 Å². The Balaban J connectivity index is 2.65. The van der Waals surface area contributed by atoms with Crippen LogP contribution < -0.4 is 4.74 Å². The van der Waals surface area contributed by atoms with E-state index in [4.69, 9.17) is 4.74 Å². The third-order valence-corrected chi connectivity index (χ3v) is 3.66. The minimum Gasteiger partial charge on any atom is -0.496 e. The maximum absolute atomic E-state index is 12.2. The van der Waals surface area contributed by atoms with Gasteiger partial charge in [0, 0.05) is 22.9 Å². The van der Waals surface area contributed by atoms with Crippen molar-refractivity contribution in [3.8, 4) is 5.75 Å². The molecule has 20 heavy (non-hydrogen) atoms. The standard InChI is InChI=1S/C17H25BrO2/c1-12(11-17(2,3)4)8-15(19)10-13-9-14(18)6-7-16(13)20-5/h6-7,9,12H,8,10-11H2,1-5H3. The molecule has 0 aliphatic heterocycles.